The second-order valence-electron chi connectivity index (χ2n) is 5.70. The van der Waals surface area contributed by atoms with Gasteiger partial charge in [-0.3, -0.25) is 4.79 Å². The number of aryl methyl sites for hydroxylation is 1. The molecule has 5 nitrogen and oxygen atoms in total. The molecule has 1 saturated heterocycles. The lowest BCUT2D eigenvalue weighted by molar-refractivity contribution is -0.124. The number of carbonyl (C=O) groups excluding carboxylic acids is 2. The van der Waals surface area contributed by atoms with Crippen LogP contribution in [0.15, 0.2) is 29.6 Å². The minimum absolute atomic E-state index is 0.213. The minimum Gasteiger partial charge on any atom is -0.465 e. The molecule has 0 saturated carbocycles. The second-order valence-corrected chi connectivity index (χ2v) is 6.58. The number of amides is 1. The number of hydrogen-bond donors (Lipinski definition) is 1. The van der Waals surface area contributed by atoms with Gasteiger partial charge >= 0.3 is 5.97 Å². The summed E-state index contributed by atoms with van der Waals surface area (Å²) in [6.07, 6.45) is 1.14. The van der Waals surface area contributed by atoms with E-state index >= 15 is 0 Å². The molecular formula is C18H19NO4S. The summed E-state index contributed by atoms with van der Waals surface area (Å²) < 4.78 is 10.3. The number of methoxy groups -OCH3 is 1. The van der Waals surface area contributed by atoms with Gasteiger partial charge in [-0.15, -0.1) is 11.3 Å². The highest BCUT2D eigenvalue weighted by Crippen LogP contribution is 2.36. The number of benzene rings is 1. The highest BCUT2D eigenvalue weighted by molar-refractivity contribution is 7.15. The molecule has 1 aliphatic rings. The zero-order valence-electron chi connectivity index (χ0n) is 13.6. The summed E-state index contributed by atoms with van der Waals surface area (Å²) in [7, 11) is 1.34. The molecule has 1 N–H and O–H groups in total. The van der Waals surface area contributed by atoms with E-state index in [4.69, 9.17) is 9.47 Å². The molecule has 0 aliphatic carbocycles. The maximum atomic E-state index is 12.3. The molecule has 1 fully saturated rings. The molecule has 0 spiro atoms. The van der Waals surface area contributed by atoms with Gasteiger partial charge in [-0.1, -0.05) is 29.8 Å². The van der Waals surface area contributed by atoms with Crippen molar-refractivity contribution in [2.45, 2.75) is 25.9 Å². The van der Waals surface area contributed by atoms with E-state index in [9.17, 15) is 9.59 Å². The second kappa shape index (κ2) is 7.15. The largest absolute Gasteiger partial charge is 0.465 e. The summed E-state index contributed by atoms with van der Waals surface area (Å²) in [5, 5.41) is 5.18. The Bertz CT molecular complexity index is 745. The van der Waals surface area contributed by atoms with Gasteiger partial charge in [-0.05, 0) is 25.3 Å². The molecule has 0 radical (unpaired) electrons. The van der Waals surface area contributed by atoms with Crippen LogP contribution in [0.4, 0.5) is 5.00 Å². The molecule has 1 aromatic carbocycles. The normalized spacial score (nSPS) is 16.8. The van der Waals surface area contributed by atoms with Gasteiger partial charge in [0, 0.05) is 17.6 Å². The van der Waals surface area contributed by atoms with Crippen molar-refractivity contribution in [2.75, 3.05) is 19.0 Å². The fourth-order valence-corrected chi connectivity index (χ4v) is 3.64. The van der Waals surface area contributed by atoms with Crippen LogP contribution >= 0.6 is 11.3 Å². The van der Waals surface area contributed by atoms with Crippen LogP contribution in [0.25, 0.3) is 11.1 Å². The number of thiophene rings is 1. The Morgan fingerprint density at radius 3 is 2.67 bits per heavy atom. The molecule has 1 aromatic heterocycles. The Kier molecular flexibility index (Phi) is 4.97. The van der Waals surface area contributed by atoms with Crippen molar-refractivity contribution in [3.8, 4) is 11.1 Å². The SMILES string of the molecule is COC(=O)c1c(-c2ccc(C)cc2)csc1NC(=O)[C@@H]1CCCO1. The van der Waals surface area contributed by atoms with Crippen LogP contribution in [0.5, 0.6) is 0 Å². The summed E-state index contributed by atoms with van der Waals surface area (Å²) >= 11 is 1.32. The maximum Gasteiger partial charge on any atom is 0.341 e. The van der Waals surface area contributed by atoms with Crippen LogP contribution in [-0.2, 0) is 14.3 Å². The molecule has 0 bridgehead atoms. The van der Waals surface area contributed by atoms with Gasteiger partial charge in [-0.2, -0.15) is 0 Å². The van der Waals surface area contributed by atoms with Crippen molar-refractivity contribution in [1.29, 1.82) is 0 Å². The van der Waals surface area contributed by atoms with Crippen LogP contribution < -0.4 is 5.32 Å². The minimum atomic E-state index is -0.463. The third-order valence-corrected chi connectivity index (χ3v) is 4.90. The van der Waals surface area contributed by atoms with E-state index in [0.717, 1.165) is 23.1 Å². The Balaban J connectivity index is 1.93. The van der Waals surface area contributed by atoms with Gasteiger partial charge in [0.05, 0.1) is 7.11 Å². The van der Waals surface area contributed by atoms with Crippen molar-refractivity contribution in [3.63, 3.8) is 0 Å². The predicted molar refractivity (Wildman–Crippen MR) is 93.4 cm³/mol. The van der Waals surface area contributed by atoms with Gasteiger partial charge in [0.1, 0.15) is 16.7 Å². The molecule has 126 valence electrons. The fourth-order valence-electron chi connectivity index (χ4n) is 2.68. The number of ether oxygens (including phenoxy) is 2. The predicted octanol–water partition coefficient (Wildman–Crippen LogP) is 3.63. The first-order valence-electron chi connectivity index (χ1n) is 7.79. The molecule has 1 atom stereocenters. The van der Waals surface area contributed by atoms with Crippen LogP contribution in [0, 0.1) is 6.92 Å². The standard InChI is InChI=1S/C18H19NO4S/c1-11-5-7-12(8-6-11)13-10-24-17(15(13)18(21)22-2)19-16(20)14-4-3-9-23-14/h5-8,10,14H,3-4,9H2,1-2H3,(H,19,20)/t14-/m0/s1. The molecular weight excluding hydrogens is 326 g/mol. The Labute approximate surface area is 144 Å². The van der Waals surface area contributed by atoms with Gasteiger partial charge < -0.3 is 14.8 Å². The molecule has 1 amide bonds. The third-order valence-electron chi connectivity index (χ3n) is 4.00. The lowest BCUT2D eigenvalue weighted by Gasteiger charge is -2.11. The lowest BCUT2D eigenvalue weighted by Crippen LogP contribution is -2.27. The van der Waals surface area contributed by atoms with Crippen LogP contribution in [0.1, 0.15) is 28.8 Å². The number of hydrogen-bond acceptors (Lipinski definition) is 5. The Morgan fingerprint density at radius 1 is 1.29 bits per heavy atom. The molecule has 6 heteroatoms. The number of nitrogens with one attached hydrogen (secondary N) is 1. The molecule has 0 unspecified atom stereocenters. The summed E-state index contributed by atoms with van der Waals surface area (Å²) in [5.74, 6) is -0.676. The van der Waals surface area contributed by atoms with Crippen LogP contribution in [0.2, 0.25) is 0 Å². The summed E-state index contributed by atoms with van der Waals surface area (Å²) in [4.78, 5) is 24.5. The quantitative estimate of drug-likeness (QED) is 0.860. The fraction of sp³-hybridized carbons (Fsp3) is 0.333. The highest BCUT2D eigenvalue weighted by atomic mass is 32.1. The number of anilines is 1. The first-order valence-corrected chi connectivity index (χ1v) is 8.67. The molecule has 2 heterocycles. The Morgan fingerprint density at radius 2 is 2.04 bits per heavy atom. The van der Waals surface area contributed by atoms with E-state index in [2.05, 4.69) is 5.32 Å². The van der Waals surface area contributed by atoms with E-state index < -0.39 is 12.1 Å². The number of rotatable bonds is 4. The van der Waals surface area contributed by atoms with E-state index in [0.29, 0.717) is 23.6 Å². The molecule has 1 aliphatic heterocycles. The van der Waals surface area contributed by atoms with Crippen LogP contribution in [-0.4, -0.2) is 31.7 Å². The zero-order valence-corrected chi connectivity index (χ0v) is 14.4. The van der Waals surface area contributed by atoms with Gasteiger partial charge in [-0.25, -0.2) is 4.79 Å². The average Bonchev–Trinajstić information content (AvgIpc) is 3.24. The van der Waals surface area contributed by atoms with E-state index in [1.807, 2.05) is 36.6 Å². The van der Waals surface area contributed by atoms with E-state index in [-0.39, 0.29) is 5.91 Å². The van der Waals surface area contributed by atoms with E-state index in [1.165, 1.54) is 18.4 Å². The lowest BCUT2D eigenvalue weighted by atomic mass is 10.0. The molecule has 3 rings (SSSR count). The first kappa shape index (κ1) is 16.7. The maximum absolute atomic E-state index is 12.3. The van der Waals surface area contributed by atoms with Crippen molar-refractivity contribution in [1.82, 2.24) is 0 Å². The summed E-state index contributed by atoms with van der Waals surface area (Å²) in [5.41, 5.74) is 3.20. The molecule has 2 aromatic rings. The number of esters is 1. The third kappa shape index (κ3) is 3.34. The Hall–Kier alpha value is -2.18. The summed E-state index contributed by atoms with van der Waals surface area (Å²) in [6.45, 7) is 2.60. The van der Waals surface area contributed by atoms with Gasteiger partial charge in [0.2, 0.25) is 0 Å². The average molecular weight is 345 g/mol. The van der Waals surface area contributed by atoms with Gasteiger partial charge in [0.15, 0.2) is 0 Å². The highest BCUT2D eigenvalue weighted by Gasteiger charge is 2.27. The van der Waals surface area contributed by atoms with Crippen molar-refractivity contribution in [2.24, 2.45) is 0 Å². The number of carbonyl (C=O) groups is 2. The van der Waals surface area contributed by atoms with Crippen molar-refractivity contribution < 1.29 is 19.1 Å². The molecule has 24 heavy (non-hydrogen) atoms. The summed E-state index contributed by atoms with van der Waals surface area (Å²) in [6, 6.07) is 7.88. The first-order chi connectivity index (χ1) is 11.6. The monoisotopic (exact) mass is 345 g/mol. The zero-order chi connectivity index (χ0) is 17.1. The van der Waals surface area contributed by atoms with Crippen LogP contribution in [0.3, 0.4) is 0 Å². The smallest absolute Gasteiger partial charge is 0.341 e. The van der Waals surface area contributed by atoms with Gasteiger partial charge in [0.25, 0.3) is 5.91 Å². The van der Waals surface area contributed by atoms with E-state index in [1.54, 1.807) is 0 Å². The van der Waals surface area contributed by atoms with Crippen molar-refractivity contribution >= 4 is 28.2 Å². The van der Waals surface area contributed by atoms with Crippen molar-refractivity contribution in [3.05, 3.63) is 40.8 Å². The topological polar surface area (TPSA) is 64.6 Å².